The molecule has 0 saturated heterocycles. The molecule has 0 aliphatic rings. The molecule has 0 fully saturated rings. The van der Waals surface area contributed by atoms with Gasteiger partial charge in [-0.05, 0) is 44.9 Å². The summed E-state index contributed by atoms with van der Waals surface area (Å²) in [5, 5.41) is 1.74. The Hall–Kier alpha value is -2.37. The minimum atomic E-state index is -4.09. The maximum atomic E-state index is 10.8. The minimum absolute atomic E-state index is 0.0730. The fourth-order valence-corrected chi connectivity index (χ4v) is 3.72. The van der Waals surface area contributed by atoms with Gasteiger partial charge in [-0.3, -0.25) is 4.55 Å². The molecule has 3 rings (SSSR count). The van der Waals surface area contributed by atoms with Gasteiger partial charge in [0.2, 0.25) is 0 Å². The molecule has 156 valence electrons. The second kappa shape index (κ2) is 8.17. The van der Waals surface area contributed by atoms with Crippen LogP contribution in [-0.4, -0.2) is 13.0 Å². The maximum Gasteiger partial charge on any atom is 0.294 e. The van der Waals surface area contributed by atoms with Crippen molar-refractivity contribution in [1.29, 1.82) is 0 Å². The van der Waals surface area contributed by atoms with Crippen LogP contribution in [0.2, 0.25) is 0 Å². The molecule has 0 saturated carbocycles. The van der Waals surface area contributed by atoms with Crippen LogP contribution in [0.5, 0.6) is 0 Å². The van der Waals surface area contributed by atoms with E-state index in [1.54, 1.807) is 12.1 Å². The summed E-state index contributed by atoms with van der Waals surface area (Å²) in [5.74, 6) is 0. The molecule has 3 aromatic rings. The summed E-state index contributed by atoms with van der Waals surface area (Å²) in [4.78, 5) is -0.0730. The van der Waals surface area contributed by atoms with E-state index in [1.807, 2.05) is 18.2 Å². The fourth-order valence-electron chi connectivity index (χ4n) is 3.20. The van der Waals surface area contributed by atoms with Crippen molar-refractivity contribution in [2.75, 3.05) is 5.73 Å². The number of nitrogens with two attached hydrogens (primary N) is 1. The third-order valence-corrected chi connectivity index (χ3v) is 5.59. The van der Waals surface area contributed by atoms with Gasteiger partial charge >= 0.3 is 0 Å². The van der Waals surface area contributed by atoms with Gasteiger partial charge in [-0.25, -0.2) is 0 Å². The first-order chi connectivity index (χ1) is 13.2. The van der Waals surface area contributed by atoms with Crippen LogP contribution in [0.1, 0.15) is 52.7 Å². The van der Waals surface area contributed by atoms with Crippen molar-refractivity contribution in [3.8, 4) is 0 Å². The van der Waals surface area contributed by atoms with Crippen LogP contribution in [0.4, 0.5) is 5.69 Å². The molecule has 0 aliphatic carbocycles. The Kier molecular flexibility index (Phi) is 6.45. The van der Waals surface area contributed by atoms with Crippen molar-refractivity contribution < 1.29 is 13.0 Å². The summed E-state index contributed by atoms with van der Waals surface area (Å²) in [6.07, 6.45) is 0. The van der Waals surface area contributed by atoms with Crippen molar-refractivity contribution in [2.24, 2.45) is 0 Å². The third kappa shape index (κ3) is 5.81. The Labute approximate surface area is 174 Å². The Morgan fingerprint density at radius 3 is 1.66 bits per heavy atom. The average Bonchev–Trinajstić information content (AvgIpc) is 2.59. The normalized spacial score (nSPS) is 12.4. The molecule has 0 unspecified atom stereocenters. The van der Waals surface area contributed by atoms with Crippen LogP contribution in [0.3, 0.4) is 0 Å². The van der Waals surface area contributed by atoms with Crippen LogP contribution >= 0.6 is 0 Å². The zero-order chi connectivity index (χ0) is 22.0. The van der Waals surface area contributed by atoms with Gasteiger partial charge in [0, 0.05) is 5.69 Å². The zero-order valence-corrected chi connectivity index (χ0v) is 18.8. The number of hydrogen-bond acceptors (Lipinski definition) is 3. The van der Waals surface area contributed by atoms with Gasteiger partial charge in [0.1, 0.15) is 0 Å². The Morgan fingerprint density at radius 1 is 0.724 bits per heavy atom. The van der Waals surface area contributed by atoms with Crippen molar-refractivity contribution in [2.45, 2.75) is 57.3 Å². The second-order valence-corrected chi connectivity index (χ2v) is 10.7. The van der Waals surface area contributed by atoms with E-state index in [4.69, 9.17) is 10.3 Å². The van der Waals surface area contributed by atoms with Crippen LogP contribution in [-0.2, 0) is 20.9 Å². The van der Waals surface area contributed by atoms with Crippen LogP contribution in [0.25, 0.3) is 10.8 Å². The number of para-hydroxylation sites is 1. The van der Waals surface area contributed by atoms with E-state index in [2.05, 4.69) is 59.7 Å². The number of fused-ring (bicyclic) bond motifs is 1. The lowest BCUT2D eigenvalue weighted by atomic mass is 9.79. The van der Waals surface area contributed by atoms with E-state index < -0.39 is 10.1 Å². The SMILES string of the molecule is CC(C)(C)c1cccc(C(C)(C)C)c1N.O=S(=O)(O)c1ccc2ccccc2c1. The lowest BCUT2D eigenvalue weighted by Crippen LogP contribution is -2.20. The summed E-state index contributed by atoms with van der Waals surface area (Å²) in [6, 6.07) is 18.2. The predicted octanol–water partition coefficient (Wildman–Crippen LogP) is 5.95. The third-order valence-electron chi connectivity index (χ3n) is 4.74. The van der Waals surface area contributed by atoms with Gasteiger partial charge in [0.25, 0.3) is 10.1 Å². The molecule has 0 spiro atoms. The van der Waals surface area contributed by atoms with E-state index in [1.165, 1.54) is 23.3 Å². The van der Waals surface area contributed by atoms with Crippen LogP contribution in [0.15, 0.2) is 65.6 Å². The van der Waals surface area contributed by atoms with Crippen LogP contribution < -0.4 is 5.73 Å². The molecule has 0 aromatic heterocycles. The zero-order valence-electron chi connectivity index (χ0n) is 18.0. The van der Waals surface area contributed by atoms with Crippen molar-refractivity contribution in [1.82, 2.24) is 0 Å². The maximum absolute atomic E-state index is 10.8. The quantitative estimate of drug-likeness (QED) is 0.381. The summed E-state index contributed by atoms with van der Waals surface area (Å²) in [7, 11) is -4.09. The van der Waals surface area contributed by atoms with E-state index in [0.29, 0.717) is 0 Å². The van der Waals surface area contributed by atoms with Crippen LogP contribution in [0, 0.1) is 0 Å². The molecular weight excluding hydrogens is 382 g/mol. The minimum Gasteiger partial charge on any atom is -0.398 e. The smallest absolute Gasteiger partial charge is 0.294 e. The van der Waals surface area contributed by atoms with E-state index in [-0.39, 0.29) is 15.7 Å². The standard InChI is InChI=1S/C14H23N.C10H8O3S/c1-13(2,3)10-8-7-9-11(12(10)15)14(4,5)6;11-14(12,13)10-6-5-8-3-1-2-4-9(8)7-10/h7-9H,15H2,1-6H3;1-7H,(H,11,12,13). The van der Waals surface area contributed by atoms with Gasteiger partial charge in [-0.2, -0.15) is 8.42 Å². The number of nitrogen functional groups attached to an aromatic ring is 1. The Morgan fingerprint density at radius 2 is 1.21 bits per heavy atom. The monoisotopic (exact) mass is 413 g/mol. The molecule has 0 amide bonds. The highest BCUT2D eigenvalue weighted by molar-refractivity contribution is 7.85. The van der Waals surface area contributed by atoms with Gasteiger partial charge in [-0.1, -0.05) is 90.1 Å². The number of rotatable bonds is 1. The highest BCUT2D eigenvalue weighted by Crippen LogP contribution is 2.35. The number of benzene rings is 3. The fraction of sp³-hybridized carbons (Fsp3) is 0.333. The average molecular weight is 414 g/mol. The van der Waals surface area contributed by atoms with E-state index >= 15 is 0 Å². The highest BCUT2D eigenvalue weighted by atomic mass is 32.2. The lowest BCUT2D eigenvalue weighted by Gasteiger charge is -2.27. The molecule has 4 nitrogen and oxygen atoms in total. The van der Waals surface area contributed by atoms with Gasteiger partial charge in [0.15, 0.2) is 0 Å². The topological polar surface area (TPSA) is 80.4 Å². The second-order valence-electron chi connectivity index (χ2n) is 9.25. The molecule has 3 aromatic carbocycles. The first kappa shape index (κ1) is 22.9. The van der Waals surface area contributed by atoms with Gasteiger partial charge < -0.3 is 5.73 Å². The first-order valence-corrected chi connectivity index (χ1v) is 11.0. The summed E-state index contributed by atoms with van der Waals surface area (Å²) < 4.78 is 30.5. The van der Waals surface area contributed by atoms with Gasteiger partial charge in [-0.15, -0.1) is 0 Å². The molecule has 29 heavy (non-hydrogen) atoms. The van der Waals surface area contributed by atoms with E-state index in [0.717, 1.165) is 16.5 Å². The molecule has 0 heterocycles. The van der Waals surface area contributed by atoms with Gasteiger partial charge in [0.05, 0.1) is 4.90 Å². The number of anilines is 1. The highest BCUT2D eigenvalue weighted by Gasteiger charge is 2.23. The largest absolute Gasteiger partial charge is 0.398 e. The van der Waals surface area contributed by atoms with E-state index in [9.17, 15) is 8.42 Å². The summed E-state index contributed by atoms with van der Waals surface area (Å²) >= 11 is 0. The molecule has 5 heteroatoms. The Balaban J connectivity index is 0.000000207. The molecule has 0 radical (unpaired) electrons. The van der Waals surface area contributed by atoms with Crippen molar-refractivity contribution >= 4 is 26.6 Å². The van der Waals surface area contributed by atoms with Crippen molar-refractivity contribution in [3.05, 3.63) is 71.8 Å². The predicted molar refractivity (Wildman–Crippen MR) is 122 cm³/mol. The lowest BCUT2D eigenvalue weighted by molar-refractivity contribution is 0.483. The molecule has 0 bridgehead atoms. The summed E-state index contributed by atoms with van der Waals surface area (Å²) in [6.45, 7) is 13.2. The first-order valence-electron chi connectivity index (χ1n) is 9.57. The van der Waals surface area contributed by atoms with Crippen molar-refractivity contribution in [3.63, 3.8) is 0 Å². The Bertz CT molecular complexity index is 1070. The molecule has 0 atom stereocenters. The molecule has 3 N–H and O–H groups in total. The molecule has 0 aliphatic heterocycles. The summed E-state index contributed by atoms with van der Waals surface area (Å²) in [5.41, 5.74) is 9.94. The molecular formula is C24H31NO3S. The number of hydrogen-bond donors (Lipinski definition) is 2.